The molecule has 1 saturated heterocycles. The molecule has 2 rings (SSSR count). The fourth-order valence-electron chi connectivity index (χ4n) is 2.36. The van der Waals surface area contributed by atoms with Crippen molar-refractivity contribution in [2.75, 3.05) is 38.3 Å². The largest absolute Gasteiger partial charge is 0.399 e. The third-order valence-electron chi connectivity index (χ3n) is 3.44. The Kier molecular flexibility index (Phi) is 4.80. The molecule has 1 aliphatic rings. The van der Waals surface area contributed by atoms with Crippen LogP contribution in [0.5, 0.6) is 0 Å². The molecular formula is C15H22N2O2. The van der Waals surface area contributed by atoms with Gasteiger partial charge in [-0.25, -0.2) is 0 Å². The molecule has 0 unspecified atom stereocenters. The van der Waals surface area contributed by atoms with Gasteiger partial charge in [0.25, 0.3) is 0 Å². The Labute approximate surface area is 115 Å². The van der Waals surface area contributed by atoms with Crippen molar-refractivity contribution >= 4 is 11.4 Å². The molecule has 4 nitrogen and oxygen atoms in total. The zero-order valence-corrected chi connectivity index (χ0v) is 12.0. The molecule has 0 bridgehead atoms. The number of benzene rings is 1. The van der Waals surface area contributed by atoms with Crippen LogP contribution in [0.3, 0.4) is 0 Å². The minimum absolute atomic E-state index is 0.788. The van der Waals surface area contributed by atoms with Crippen LogP contribution in [-0.4, -0.2) is 39.1 Å². The number of morpholine rings is 1. The Bertz CT molecular complexity index is 451. The highest BCUT2D eigenvalue weighted by Crippen LogP contribution is 2.24. The first-order valence-electron chi connectivity index (χ1n) is 6.80. The smallest absolute Gasteiger partial charge is 0.106 e. The van der Waals surface area contributed by atoms with Gasteiger partial charge in [0.1, 0.15) is 7.11 Å². The molecule has 0 aliphatic carbocycles. The number of rotatable bonds is 4. The molecule has 0 atom stereocenters. The highest BCUT2D eigenvalue weighted by Gasteiger charge is 2.16. The van der Waals surface area contributed by atoms with Crippen molar-refractivity contribution in [3.63, 3.8) is 0 Å². The standard InChI is InChI=1S/C15H22N2O2/c1-4-13-5-6-14(12(2)16-18-3)15(11-13)17-7-9-19-10-8-17/h5-6,11H,4,7-10H2,1-3H3/b16-12+. The molecule has 1 heterocycles. The van der Waals surface area contributed by atoms with E-state index in [1.807, 2.05) is 6.92 Å². The van der Waals surface area contributed by atoms with Gasteiger partial charge in [-0.3, -0.25) is 0 Å². The van der Waals surface area contributed by atoms with Crippen LogP contribution in [0.25, 0.3) is 0 Å². The van der Waals surface area contributed by atoms with Gasteiger partial charge in [-0.05, 0) is 25.0 Å². The van der Waals surface area contributed by atoms with E-state index in [-0.39, 0.29) is 0 Å². The predicted octanol–water partition coefficient (Wildman–Crippen LogP) is 2.46. The van der Waals surface area contributed by atoms with Crippen molar-refractivity contribution in [3.8, 4) is 0 Å². The molecule has 0 aromatic heterocycles. The van der Waals surface area contributed by atoms with E-state index >= 15 is 0 Å². The summed E-state index contributed by atoms with van der Waals surface area (Å²) in [5.41, 5.74) is 4.63. The second-order valence-electron chi connectivity index (χ2n) is 4.66. The topological polar surface area (TPSA) is 34.1 Å². The minimum Gasteiger partial charge on any atom is -0.399 e. The number of hydrogen-bond acceptors (Lipinski definition) is 4. The summed E-state index contributed by atoms with van der Waals surface area (Å²) in [5.74, 6) is 0. The van der Waals surface area contributed by atoms with E-state index in [4.69, 9.17) is 9.57 Å². The molecule has 0 amide bonds. The van der Waals surface area contributed by atoms with Crippen molar-refractivity contribution in [2.45, 2.75) is 20.3 Å². The van der Waals surface area contributed by atoms with Crippen LogP contribution in [0.2, 0.25) is 0 Å². The first-order chi connectivity index (χ1) is 9.26. The quantitative estimate of drug-likeness (QED) is 0.617. The average molecular weight is 262 g/mol. The number of anilines is 1. The van der Waals surface area contributed by atoms with E-state index in [1.54, 1.807) is 7.11 Å². The van der Waals surface area contributed by atoms with Crippen LogP contribution in [0.15, 0.2) is 23.4 Å². The SMILES string of the molecule is CCc1ccc(/C(C)=N/OC)c(N2CCOCC2)c1. The van der Waals surface area contributed by atoms with Gasteiger partial charge in [0.15, 0.2) is 0 Å². The van der Waals surface area contributed by atoms with Crippen LogP contribution in [-0.2, 0) is 16.0 Å². The lowest BCUT2D eigenvalue weighted by Gasteiger charge is -2.31. The molecule has 1 fully saturated rings. The van der Waals surface area contributed by atoms with Crippen LogP contribution in [0.1, 0.15) is 25.0 Å². The van der Waals surface area contributed by atoms with E-state index in [9.17, 15) is 0 Å². The Balaban J connectivity index is 2.38. The lowest BCUT2D eigenvalue weighted by atomic mass is 10.0. The van der Waals surface area contributed by atoms with Crippen LogP contribution < -0.4 is 4.90 Å². The van der Waals surface area contributed by atoms with Gasteiger partial charge < -0.3 is 14.5 Å². The van der Waals surface area contributed by atoms with Gasteiger partial charge in [0.2, 0.25) is 0 Å². The summed E-state index contributed by atoms with van der Waals surface area (Å²) >= 11 is 0. The fourth-order valence-corrected chi connectivity index (χ4v) is 2.36. The van der Waals surface area contributed by atoms with Gasteiger partial charge in [0.05, 0.1) is 18.9 Å². The van der Waals surface area contributed by atoms with Crippen molar-refractivity contribution in [1.29, 1.82) is 0 Å². The molecule has 1 aromatic rings. The lowest BCUT2D eigenvalue weighted by Crippen LogP contribution is -2.37. The Morgan fingerprint density at radius 1 is 1.37 bits per heavy atom. The highest BCUT2D eigenvalue weighted by atomic mass is 16.6. The van der Waals surface area contributed by atoms with E-state index in [0.29, 0.717) is 0 Å². The maximum absolute atomic E-state index is 5.43. The predicted molar refractivity (Wildman–Crippen MR) is 78.1 cm³/mol. The second kappa shape index (κ2) is 6.57. The summed E-state index contributed by atoms with van der Waals surface area (Å²) in [4.78, 5) is 7.27. The molecule has 1 aromatic carbocycles. The monoisotopic (exact) mass is 262 g/mol. The van der Waals surface area contributed by atoms with Crippen LogP contribution >= 0.6 is 0 Å². The normalized spacial score (nSPS) is 16.6. The number of nitrogens with zero attached hydrogens (tertiary/aromatic N) is 2. The number of ether oxygens (including phenoxy) is 1. The minimum atomic E-state index is 0.788. The lowest BCUT2D eigenvalue weighted by molar-refractivity contribution is 0.122. The van der Waals surface area contributed by atoms with E-state index < -0.39 is 0 Å². The molecule has 0 N–H and O–H groups in total. The van der Waals surface area contributed by atoms with Crippen LogP contribution in [0, 0.1) is 0 Å². The summed E-state index contributed by atoms with van der Waals surface area (Å²) in [5, 5.41) is 4.06. The second-order valence-corrected chi connectivity index (χ2v) is 4.66. The Morgan fingerprint density at radius 3 is 2.74 bits per heavy atom. The van der Waals surface area contributed by atoms with Crippen molar-refractivity contribution in [3.05, 3.63) is 29.3 Å². The fraction of sp³-hybridized carbons (Fsp3) is 0.533. The summed E-state index contributed by atoms with van der Waals surface area (Å²) in [6, 6.07) is 6.56. The van der Waals surface area contributed by atoms with Crippen molar-refractivity contribution in [2.24, 2.45) is 5.16 Å². The van der Waals surface area contributed by atoms with Gasteiger partial charge in [-0.15, -0.1) is 0 Å². The first-order valence-corrected chi connectivity index (χ1v) is 6.80. The molecular weight excluding hydrogens is 240 g/mol. The first kappa shape index (κ1) is 13.9. The number of oxime groups is 1. The zero-order chi connectivity index (χ0) is 13.7. The third kappa shape index (κ3) is 3.26. The molecule has 4 heteroatoms. The summed E-state index contributed by atoms with van der Waals surface area (Å²) in [7, 11) is 1.58. The molecule has 0 spiro atoms. The Morgan fingerprint density at radius 2 is 2.11 bits per heavy atom. The third-order valence-corrected chi connectivity index (χ3v) is 3.44. The molecule has 104 valence electrons. The Hall–Kier alpha value is -1.55. The van der Waals surface area contributed by atoms with E-state index in [1.165, 1.54) is 11.3 Å². The summed E-state index contributed by atoms with van der Waals surface area (Å²) in [6.07, 6.45) is 1.04. The van der Waals surface area contributed by atoms with Crippen molar-refractivity contribution in [1.82, 2.24) is 0 Å². The molecule has 0 saturated carbocycles. The summed E-state index contributed by atoms with van der Waals surface area (Å²) in [6.45, 7) is 7.59. The van der Waals surface area contributed by atoms with Gasteiger partial charge in [0, 0.05) is 24.3 Å². The van der Waals surface area contributed by atoms with Gasteiger partial charge >= 0.3 is 0 Å². The number of hydrogen-bond donors (Lipinski definition) is 0. The van der Waals surface area contributed by atoms with Gasteiger partial charge in [-0.2, -0.15) is 0 Å². The van der Waals surface area contributed by atoms with E-state index in [0.717, 1.165) is 44.0 Å². The maximum Gasteiger partial charge on any atom is 0.106 e. The molecule has 19 heavy (non-hydrogen) atoms. The van der Waals surface area contributed by atoms with Crippen LogP contribution in [0.4, 0.5) is 5.69 Å². The van der Waals surface area contributed by atoms with E-state index in [2.05, 4.69) is 35.2 Å². The molecule has 1 aliphatic heterocycles. The average Bonchev–Trinajstić information content (AvgIpc) is 2.47. The highest BCUT2D eigenvalue weighted by molar-refractivity contribution is 6.03. The maximum atomic E-state index is 5.43. The molecule has 0 radical (unpaired) electrons. The van der Waals surface area contributed by atoms with Gasteiger partial charge in [-0.1, -0.05) is 24.2 Å². The number of aryl methyl sites for hydroxylation is 1. The zero-order valence-electron chi connectivity index (χ0n) is 12.0. The summed E-state index contributed by atoms with van der Waals surface area (Å²) < 4.78 is 5.43. The van der Waals surface area contributed by atoms with Crippen molar-refractivity contribution < 1.29 is 9.57 Å².